The predicted molar refractivity (Wildman–Crippen MR) is 71.5 cm³/mol. The molecule has 2 aromatic rings. The third-order valence-corrected chi connectivity index (χ3v) is 2.83. The molecule has 0 radical (unpaired) electrons. The zero-order valence-corrected chi connectivity index (χ0v) is 10.3. The molecule has 1 heterocycles. The summed E-state index contributed by atoms with van der Waals surface area (Å²) >= 11 is 6.04. The maximum Gasteiger partial charge on any atom is 0.250 e. The minimum Gasteiger partial charge on any atom is -0.366 e. The Morgan fingerprint density at radius 2 is 2.06 bits per heavy atom. The normalized spacial score (nSPS) is 10.1. The molecule has 0 aliphatic rings. The van der Waals surface area contributed by atoms with Crippen molar-refractivity contribution in [2.45, 2.75) is 6.54 Å². The number of aromatic nitrogens is 1. The maximum atomic E-state index is 10.9. The number of hydrogen-bond donors (Lipinski definition) is 2. The van der Waals surface area contributed by atoms with Gasteiger partial charge in [0.15, 0.2) is 0 Å². The number of nitrogens with zero attached hydrogens (tertiary/aromatic N) is 1. The summed E-state index contributed by atoms with van der Waals surface area (Å²) in [6.45, 7) is 0.572. The van der Waals surface area contributed by atoms with E-state index in [4.69, 9.17) is 17.3 Å². The third kappa shape index (κ3) is 2.99. The van der Waals surface area contributed by atoms with Gasteiger partial charge in [-0.3, -0.25) is 4.79 Å². The fraction of sp³-hybridized carbons (Fsp3) is 0.0769. The summed E-state index contributed by atoms with van der Waals surface area (Å²) in [6.07, 6.45) is 1.44. The fourth-order valence-electron chi connectivity index (χ4n) is 1.47. The van der Waals surface area contributed by atoms with Crippen LogP contribution in [-0.4, -0.2) is 10.9 Å². The monoisotopic (exact) mass is 261 g/mol. The van der Waals surface area contributed by atoms with Crippen molar-refractivity contribution in [2.75, 3.05) is 5.32 Å². The van der Waals surface area contributed by atoms with Gasteiger partial charge in [0.25, 0.3) is 0 Å². The first-order valence-electron chi connectivity index (χ1n) is 5.40. The van der Waals surface area contributed by atoms with Crippen LogP contribution in [0.3, 0.4) is 0 Å². The molecule has 0 saturated heterocycles. The van der Waals surface area contributed by atoms with Gasteiger partial charge in [0, 0.05) is 17.8 Å². The van der Waals surface area contributed by atoms with Crippen molar-refractivity contribution in [3.63, 3.8) is 0 Å². The molecule has 0 unspecified atom stereocenters. The lowest BCUT2D eigenvalue weighted by atomic mass is 10.2. The Morgan fingerprint density at radius 3 is 2.67 bits per heavy atom. The van der Waals surface area contributed by atoms with E-state index in [0.29, 0.717) is 22.9 Å². The van der Waals surface area contributed by atoms with Gasteiger partial charge in [0.05, 0.1) is 5.56 Å². The maximum absolute atomic E-state index is 10.9. The lowest BCUT2D eigenvalue weighted by Gasteiger charge is -2.07. The summed E-state index contributed by atoms with van der Waals surface area (Å²) in [7, 11) is 0. The van der Waals surface area contributed by atoms with Gasteiger partial charge >= 0.3 is 0 Å². The molecular weight excluding hydrogens is 250 g/mol. The van der Waals surface area contributed by atoms with Gasteiger partial charge < -0.3 is 11.1 Å². The second-order valence-electron chi connectivity index (χ2n) is 3.74. The Hall–Kier alpha value is -2.07. The van der Waals surface area contributed by atoms with Crippen molar-refractivity contribution in [3.05, 3.63) is 58.7 Å². The van der Waals surface area contributed by atoms with Gasteiger partial charge in [-0.25, -0.2) is 4.98 Å². The van der Waals surface area contributed by atoms with E-state index in [9.17, 15) is 4.79 Å². The number of nitrogens with one attached hydrogen (secondary N) is 1. The van der Waals surface area contributed by atoms with Gasteiger partial charge in [-0.05, 0) is 23.8 Å². The minimum atomic E-state index is -0.486. The molecule has 0 aliphatic heterocycles. The first-order valence-corrected chi connectivity index (χ1v) is 5.78. The minimum absolute atomic E-state index is 0.387. The predicted octanol–water partition coefficient (Wildman–Crippen LogP) is 2.45. The Balaban J connectivity index is 2.02. The number of carbonyl (C=O) groups excluding carboxylic acids is 1. The molecule has 4 nitrogen and oxygen atoms in total. The highest BCUT2D eigenvalue weighted by atomic mass is 35.5. The van der Waals surface area contributed by atoms with Gasteiger partial charge in [-0.15, -0.1) is 0 Å². The van der Waals surface area contributed by atoms with E-state index in [1.54, 1.807) is 12.1 Å². The summed E-state index contributed by atoms with van der Waals surface area (Å²) in [5.41, 5.74) is 6.51. The van der Waals surface area contributed by atoms with Crippen LogP contribution in [0.5, 0.6) is 0 Å². The van der Waals surface area contributed by atoms with Crippen molar-refractivity contribution >= 4 is 23.3 Å². The molecule has 2 rings (SSSR count). The average molecular weight is 262 g/mol. The second-order valence-corrected chi connectivity index (χ2v) is 4.15. The third-order valence-electron chi connectivity index (χ3n) is 2.47. The molecule has 1 amide bonds. The van der Waals surface area contributed by atoms with Crippen LogP contribution < -0.4 is 11.1 Å². The highest BCUT2D eigenvalue weighted by molar-refractivity contribution is 6.31. The number of rotatable bonds is 4. The summed E-state index contributed by atoms with van der Waals surface area (Å²) < 4.78 is 0. The number of anilines is 1. The standard InChI is InChI=1S/C13H12ClN3O/c14-11-4-2-1-3-9(11)7-16-12-6-5-10(8-17-12)13(15)18/h1-6,8H,7H2,(H2,15,18)(H,16,17). The van der Waals surface area contributed by atoms with Crippen molar-refractivity contribution in [1.82, 2.24) is 4.98 Å². The molecular formula is C13H12ClN3O. The summed E-state index contributed by atoms with van der Waals surface area (Å²) in [5, 5.41) is 3.83. The van der Waals surface area contributed by atoms with Crippen LogP contribution in [-0.2, 0) is 6.54 Å². The Labute approximate surface area is 110 Å². The molecule has 0 atom stereocenters. The van der Waals surface area contributed by atoms with E-state index in [1.165, 1.54) is 6.20 Å². The number of amides is 1. The smallest absolute Gasteiger partial charge is 0.250 e. The number of nitrogens with two attached hydrogens (primary N) is 1. The van der Waals surface area contributed by atoms with Crippen LogP contribution in [0.2, 0.25) is 5.02 Å². The molecule has 0 spiro atoms. The summed E-state index contributed by atoms with van der Waals surface area (Å²) in [5.74, 6) is 0.181. The number of primary amides is 1. The van der Waals surface area contributed by atoms with Crippen molar-refractivity contribution in [3.8, 4) is 0 Å². The first kappa shape index (κ1) is 12.4. The molecule has 18 heavy (non-hydrogen) atoms. The molecule has 5 heteroatoms. The van der Waals surface area contributed by atoms with E-state index in [2.05, 4.69) is 10.3 Å². The number of carbonyl (C=O) groups is 1. The fourth-order valence-corrected chi connectivity index (χ4v) is 1.67. The number of pyridine rings is 1. The molecule has 1 aromatic carbocycles. The van der Waals surface area contributed by atoms with Crippen molar-refractivity contribution in [2.24, 2.45) is 5.73 Å². The van der Waals surface area contributed by atoms with Crippen molar-refractivity contribution < 1.29 is 4.79 Å². The Bertz CT molecular complexity index is 554. The highest BCUT2D eigenvalue weighted by Gasteiger charge is 2.02. The van der Waals surface area contributed by atoms with Crippen molar-refractivity contribution in [1.29, 1.82) is 0 Å². The lowest BCUT2D eigenvalue weighted by Crippen LogP contribution is -2.11. The van der Waals surface area contributed by atoms with Gasteiger partial charge in [-0.2, -0.15) is 0 Å². The molecule has 0 fully saturated rings. The van der Waals surface area contributed by atoms with Gasteiger partial charge in [-0.1, -0.05) is 29.8 Å². The van der Waals surface area contributed by atoms with Crippen LogP contribution in [0, 0.1) is 0 Å². The van der Waals surface area contributed by atoms with Gasteiger partial charge in [0.1, 0.15) is 5.82 Å². The summed E-state index contributed by atoms with van der Waals surface area (Å²) in [4.78, 5) is 15.0. The molecule has 92 valence electrons. The van der Waals surface area contributed by atoms with Crippen LogP contribution in [0.25, 0.3) is 0 Å². The molecule has 0 aliphatic carbocycles. The van der Waals surface area contributed by atoms with E-state index in [1.807, 2.05) is 24.3 Å². The quantitative estimate of drug-likeness (QED) is 0.888. The summed E-state index contributed by atoms with van der Waals surface area (Å²) in [6, 6.07) is 10.9. The zero-order valence-electron chi connectivity index (χ0n) is 9.56. The zero-order chi connectivity index (χ0) is 13.0. The van der Waals surface area contributed by atoms with Crippen LogP contribution >= 0.6 is 11.6 Å². The van der Waals surface area contributed by atoms with Crippen LogP contribution in [0.4, 0.5) is 5.82 Å². The lowest BCUT2D eigenvalue weighted by molar-refractivity contribution is 0.1000. The molecule has 3 N–H and O–H groups in total. The average Bonchev–Trinajstić information content (AvgIpc) is 2.38. The highest BCUT2D eigenvalue weighted by Crippen LogP contribution is 2.16. The van der Waals surface area contributed by atoms with E-state index in [-0.39, 0.29) is 0 Å². The molecule has 1 aromatic heterocycles. The van der Waals surface area contributed by atoms with Crippen LogP contribution in [0.1, 0.15) is 15.9 Å². The topological polar surface area (TPSA) is 68.0 Å². The van der Waals surface area contributed by atoms with E-state index in [0.717, 1.165) is 5.56 Å². The number of halogens is 1. The molecule has 0 saturated carbocycles. The first-order chi connectivity index (χ1) is 8.66. The Morgan fingerprint density at radius 1 is 1.28 bits per heavy atom. The van der Waals surface area contributed by atoms with Crippen LogP contribution in [0.15, 0.2) is 42.6 Å². The number of hydrogen-bond acceptors (Lipinski definition) is 3. The largest absolute Gasteiger partial charge is 0.366 e. The van der Waals surface area contributed by atoms with E-state index < -0.39 is 5.91 Å². The number of benzene rings is 1. The van der Waals surface area contributed by atoms with Gasteiger partial charge in [0.2, 0.25) is 5.91 Å². The van der Waals surface area contributed by atoms with E-state index >= 15 is 0 Å². The SMILES string of the molecule is NC(=O)c1ccc(NCc2ccccc2Cl)nc1. The Kier molecular flexibility index (Phi) is 3.79. The molecule has 0 bridgehead atoms. The second kappa shape index (κ2) is 5.51.